The first-order valence-corrected chi connectivity index (χ1v) is 10.8. The van der Waals surface area contributed by atoms with Crippen LogP contribution in [0.15, 0.2) is 51.3 Å². The number of carbonyl (C=O) groups is 3. The van der Waals surface area contributed by atoms with E-state index in [1.807, 2.05) is 6.07 Å². The lowest BCUT2D eigenvalue weighted by atomic mass is 9.95. The van der Waals surface area contributed by atoms with Crippen molar-refractivity contribution >= 4 is 28.8 Å². The molecule has 1 atom stereocenters. The lowest BCUT2D eigenvalue weighted by Gasteiger charge is -2.29. The molecule has 0 aliphatic carbocycles. The maximum atomic E-state index is 13.2. The minimum absolute atomic E-state index is 0.115. The van der Waals surface area contributed by atoms with Crippen LogP contribution in [0, 0.1) is 6.92 Å². The van der Waals surface area contributed by atoms with E-state index < -0.39 is 17.5 Å². The van der Waals surface area contributed by atoms with Crippen LogP contribution in [-0.4, -0.2) is 46.6 Å². The third kappa shape index (κ3) is 3.23. The molecule has 0 bridgehead atoms. The molecular weight excluding hydrogens is 454 g/mol. The average molecular weight is 473 g/mol. The number of imide groups is 1. The van der Waals surface area contributed by atoms with Gasteiger partial charge in [0, 0.05) is 30.0 Å². The summed E-state index contributed by atoms with van der Waals surface area (Å²) in [6.45, 7) is 1.86. The number of aromatic nitrogens is 2. The SMILES string of the molecule is COc1ccc2c(c1)C(=O)N(C[C@@]1(c3cc4ccc(-c5nnc(C)o5)cc4o3)NC(=O)NC1=O)C2. The molecule has 2 aliphatic heterocycles. The van der Waals surface area contributed by atoms with Gasteiger partial charge < -0.3 is 23.8 Å². The second kappa shape index (κ2) is 7.42. The van der Waals surface area contributed by atoms with E-state index in [2.05, 4.69) is 20.8 Å². The number of furan rings is 1. The van der Waals surface area contributed by atoms with E-state index in [0.29, 0.717) is 39.6 Å². The number of rotatable bonds is 5. The van der Waals surface area contributed by atoms with Gasteiger partial charge in [-0.2, -0.15) is 0 Å². The van der Waals surface area contributed by atoms with E-state index in [9.17, 15) is 14.4 Å². The molecule has 2 N–H and O–H groups in total. The zero-order chi connectivity index (χ0) is 24.3. The predicted molar refractivity (Wildman–Crippen MR) is 120 cm³/mol. The van der Waals surface area contributed by atoms with Gasteiger partial charge in [0.1, 0.15) is 17.1 Å². The highest BCUT2D eigenvalue weighted by molar-refractivity contribution is 6.08. The summed E-state index contributed by atoms with van der Waals surface area (Å²) in [6, 6.07) is 11.6. The topological polar surface area (TPSA) is 140 Å². The highest BCUT2D eigenvalue weighted by atomic mass is 16.5. The van der Waals surface area contributed by atoms with Crippen molar-refractivity contribution in [2.75, 3.05) is 13.7 Å². The van der Waals surface area contributed by atoms with Crippen LogP contribution in [0.5, 0.6) is 5.75 Å². The molecule has 11 heteroatoms. The molecule has 4 heterocycles. The molecule has 6 rings (SSSR count). The van der Waals surface area contributed by atoms with E-state index in [1.165, 1.54) is 12.0 Å². The van der Waals surface area contributed by atoms with Crippen LogP contribution in [0.3, 0.4) is 0 Å². The van der Waals surface area contributed by atoms with Crippen molar-refractivity contribution in [2.24, 2.45) is 0 Å². The van der Waals surface area contributed by atoms with E-state index in [0.717, 1.165) is 5.56 Å². The van der Waals surface area contributed by atoms with Gasteiger partial charge >= 0.3 is 6.03 Å². The maximum absolute atomic E-state index is 13.2. The third-order valence-corrected chi connectivity index (χ3v) is 6.28. The molecule has 0 unspecified atom stereocenters. The van der Waals surface area contributed by atoms with Crippen LogP contribution in [0.2, 0.25) is 0 Å². The quantitative estimate of drug-likeness (QED) is 0.422. The lowest BCUT2D eigenvalue weighted by Crippen LogP contribution is -2.52. The van der Waals surface area contributed by atoms with Gasteiger partial charge in [-0.15, -0.1) is 10.2 Å². The smallest absolute Gasteiger partial charge is 0.322 e. The molecule has 1 saturated heterocycles. The Morgan fingerprint density at radius 3 is 2.66 bits per heavy atom. The second-order valence-electron chi connectivity index (χ2n) is 8.49. The first-order valence-electron chi connectivity index (χ1n) is 10.8. The van der Waals surface area contributed by atoms with E-state index in [-0.39, 0.29) is 24.8 Å². The summed E-state index contributed by atoms with van der Waals surface area (Å²) < 4.78 is 16.8. The highest BCUT2D eigenvalue weighted by Crippen LogP contribution is 2.36. The van der Waals surface area contributed by atoms with Crippen LogP contribution in [0.25, 0.3) is 22.4 Å². The van der Waals surface area contributed by atoms with Crippen molar-refractivity contribution in [3.8, 4) is 17.2 Å². The number of carbonyl (C=O) groups excluding carboxylic acids is 3. The van der Waals surface area contributed by atoms with Gasteiger partial charge in [0.15, 0.2) is 5.54 Å². The first-order chi connectivity index (χ1) is 16.9. The third-order valence-electron chi connectivity index (χ3n) is 6.28. The average Bonchev–Trinajstić information content (AvgIpc) is 3.60. The number of amides is 4. The van der Waals surface area contributed by atoms with Gasteiger partial charge in [-0.3, -0.25) is 14.9 Å². The Labute approximate surface area is 198 Å². The fraction of sp³-hybridized carbons (Fsp3) is 0.208. The summed E-state index contributed by atoms with van der Waals surface area (Å²) in [4.78, 5) is 40.0. The van der Waals surface area contributed by atoms with Crippen molar-refractivity contribution in [1.29, 1.82) is 0 Å². The summed E-state index contributed by atoms with van der Waals surface area (Å²) in [6.07, 6.45) is 0. The normalized spacial score (nSPS) is 19.3. The molecule has 2 aromatic heterocycles. The van der Waals surface area contributed by atoms with Crippen LogP contribution in [0.1, 0.15) is 27.6 Å². The molecule has 176 valence electrons. The molecule has 1 fully saturated rings. The van der Waals surface area contributed by atoms with Gasteiger partial charge in [0.25, 0.3) is 11.8 Å². The van der Waals surface area contributed by atoms with Crippen molar-refractivity contribution in [3.05, 3.63) is 65.2 Å². The standard InChI is InChI=1S/C24H19N5O6/c1-12-27-28-20(34-12)14-4-3-13-8-19(35-18(13)7-14)24(22(31)25-23(32)26-24)11-29-10-15-5-6-16(33-2)9-17(15)21(29)30/h3-9H,10-11H2,1-2H3,(H2,25,26,31,32)/t24-/m0/s1. The summed E-state index contributed by atoms with van der Waals surface area (Å²) in [7, 11) is 1.53. The number of urea groups is 1. The lowest BCUT2D eigenvalue weighted by molar-refractivity contribution is -0.125. The van der Waals surface area contributed by atoms with Gasteiger partial charge in [-0.25, -0.2) is 4.79 Å². The Balaban J connectivity index is 1.38. The number of nitrogens with one attached hydrogen (secondary N) is 2. The fourth-order valence-electron chi connectivity index (χ4n) is 4.52. The number of methoxy groups -OCH3 is 1. The Kier molecular flexibility index (Phi) is 4.43. The predicted octanol–water partition coefficient (Wildman–Crippen LogP) is 2.49. The van der Waals surface area contributed by atoms with Gasteiger partial charge in [0.2, 0.25) is 11.8 Å². The minimum Gasteiger partial charge on any atom is -0.497 e. The van der Waals surface area contributed by atoms with Crippen molar-refractivity contribution in [1.82, 2.24) is 25.7 Å². The Morgan fingerprint density at radius 1 is 1.09 bits per heavy atom. The van der Waals surface area contributed by atoms with Crippen LogP contribution in [0.4, 0.5) is 4.79 Å². The largest absolute Gasteiger partial charge is 0.497 e. The summed E-state index contributed by atoms with van der Waals surface area (Å²) in [5.41, 5.74) is 0.807. The molecule has 35 heavy (non-hydrogen) atoms. The molecule has 4 aromatic rings. The summed E-state index contributed by atoms with van der Waals surface area (Å²) >= 11 is 0. The van der Waals surface area contributed by atoms with Gasteiger partial charge in [-0.1, -0.05) is 12.1 Å². The Bertz CT molecular complexity index is 1540. The van der Waals surface area contributed by atoms with E-state index in [4.69, 9.17) is 13.6 Å². The Hall–Kier alpha value is -4.67. The second-order valence-corrected chi connectivity index (χ2v) is 8.49. The van der Waals surface area contributed by atoms with E-state index >= 15 is 0 Å². The molecule has 2 aromatic carbocycles. The summed E-state index contributed by atoms with van der Waals surface area (Å²) in [5.74, 6) is 0.660. The van der Waals surface area contributed by atoms with Crippen molar-refractivity contribution in [3.63, 3.8) is 0 Å². The van der Waals surface area contributed by atoms with Gasteiger partial charge in [0.05, 0.1) is 13.7 Å². The first kappa shape index (κ1) is 20.9. The Morgan fingerprint density at radius 2 is 1.94 bits per heavy atom. The van der Waals surface area contributed by atoms with Crippen LogP contribution < -0.4 is 15.4 Å². The van der Waals surface area contributed by atoms with E-state index in [1.54, 1.807) is 43.3 Å². The van der Waals surface area contributed by atoms with Crippen molar-refractivity contribution < 1.29 is 28.0 Å². The monoisotopic (exact) mass is 473 g/mol. The molecule has 2 aliphatic rings. The van der Waals surface area contributed by atoms with Crippen LogP contribution >= 0.6 is 0 Å². The molecule has 0 spiro atoms. The molecular formula is C24H19N5O6. The minimum atomic E-state index is -1.60. The number of hydrogen-bond donors (Lipinski definition) is 2. The number of nitrogens with zero attached hydrogens (tertiary/aromatic N) is 3. The zero-order valence-electron chi connectivity index (χ0n) is 18.7. The molecule has 0 saturated carbocycles. The van der Waals surface area contributed by atoms with Gasteiger partial charge in [-0.05, 0) is 35.9 Å². The molecule has 4 amide bonds. The number of aryl methyl sites for hydroxylation is 1. The highest BCUT2D eigenvalue weighted by Gasteiger charge is 2.53. The molecule has 11 nitrogen and oxygen atoms in total. The number of benzene rings is 2. The summed E-state index contributed by atoms with van der Waals surface area (Å²) in [5, 5.41) is 13.5. The van der Waals surface area contributed by atoms with Crippen molar-refractivity contribution in [2.45, 2.75) is 19.0 Å². The van der Waals surface area contributed by atoms with Crippen LogP contribution in [-0.2, 0) is 16.9 Å². The number of fused-ring (bicyclic) bond motifs is 2. The molecule has 0 radical (unpaired) electrons. The zero-order valence-corrected chi connectivity index (χ0v) is 18.7. The maximum Gasteiger partial charge on any atom is 0.322 e. The number of ether oxygens (including phenoxy) is 1. The number of hydrogen-bond acceptors (Lipinski definition) is 8. The fourth-order valence-corrected chi connectivity index (χ4v) is 4.52.